The number of rotatable bonds is 0. The Labute approximate surface area is 75.4 Å². The molecule has 2 rings (SSSR count). The number of allylic oxidation sites excluding steroid dienone is 4. The van der Waals surface area contributed by atoms with Crippen LogP contribution in [0.15, 0.2) is 23.3 Å². The summed E-state index contributed by atoms with van der Waals surface area (Å²) in [5.74, 6) is 1.86. The Bertz CT molecular complexity index is 232. The number of hydrogen-bond acceptors (Lipinski definition) is 0. The first kappa shape index (κ1) is 8.10. The van der Waals surface area contributed by atoms with E-state index in [0.717, 1.165) is 11.8 Å². The quantitative estimate of drug-likeness (QED) is 0.509. The van der Waals surface area contributed by atoms with E-state index in [9.17, 15) is 0 Å². The lowest BCUT2D eigenvalue weighted by atomic mass is 9.74. The van der Waals surface area contributed by atoms with E-state index in [1.165, 1.54) is 31.3 Å². The summed E-state index contributed by atoms with van der Waals surface area (Å²) in [5, 5.41) is 0. The predicted molar refractivity (Wildman–Crippen MR) is 53.0 cm³/mol. The summed E-state index contributed by atoms with van der Waals surface area (Å²) in [4.78, 5) is 0. The van der Waals surface area contributed by atoms with Crippen molar-refractivity contribution in [2.45, 2.75) is 39.5 Å². The molecule has 1 saturated carbocycles. The van der Waals surface area contributed by atoms with Crippen molar-refractivity contribution >= 4 is 0 Å². The predicted octanol–water partition coefficient (Wildman–Crippen LogP) is 3.70. The first-order valence-corrected chi connectivity index (χ1v) is 5.13. The first-order chi connectivity index (χ1) is 5.75. The van der Waals surface area contributed by atoms with E-state index in [0.29, 0.717) is 0 Å². The molecular formula is C12H18. The normalized spacial score (nSPS) is 35.2. The zero-order chi connectivity index (χ0) is 8.55. The molecule has 0 aromatic heterocycles. The lowest BCUT2D eigenvalue weighted by Gasteiger charge is -2.31. The second-order valence-corrected chi connectivity index (χ2v) is 4.48. The van der Waals surface area contributed by atoms with Gasteiger partial charge in [0.15, 0.2) is 0 Å². The minimum atomic E-state index is 0.900. The largest absolute Gasteiger partial charge is 0.0810 e. The van der Waals surface area contributed by atoms with Gasteiger partial charge in [0.2, 0.25) is 0 Å². The lowest BCUT2D eigenvalue weighted by Crippen LogP contribution is -2.17. The molecule has 66 valence electrons. The van der Waals surface area contributed by atoms with Gasteiger partial charge in [0.1, 0.15) is 0 Å². The zero-order valence-electron chi connectivity index (χ0n) is 8.14. The van der Waals surface area contributed by atoms with Crippen LogP contribution in [0.25, 0.3) is 0 Å². The van der Waals surface area contributed by atoms with Crippen molar-refractivity contribution in [1.82, 2.24) is 0 Å². The van der Waals surface area contributed by atoms with Crippen molar-refractivity contribution in [3.8, 4) is 0 Å². The molecule has 0 N–H and O–H groups in total. The third-order valence-electron chi connectivity index (χ3n) is 3.27. The monoisotopic (exact) mass is 162 g/mol. The van der Waals surface area contributed by atoms with Crippen LogP contribution in [0.4, 0.5) is 0 Å². The highest BCUT2D eigenvalue weighted by atomic mass is 14.3. The molecule has 2 aliphatic rings. The second kappa shape index (κ2) is 3.08. The minimum Gasteiger partial charge on any atom is -0.0810 e. The highest BCUT2D eigenvalue weighted by molar-refractivity contribution is 5.29. The van der Waals surface area contributed by atoms with Crippen LogP contribution in [0.5, 0.6) is 0 Å². The van der Waals surface area contributed by atoms with E-state index in [-0.39, 0.29) is 0 Å². The summed E-state index contributed by atoms with van der Waals surface area (Å²) < 4.78 is 0. The van der Waals surface area contributed by atoms with Gasteiger partial charge in [0.05, 0.1) is 0 Å². The van der Waals surface area contributed by atoms with E-state index in [1.54, 1.807) is 5.57 Å². The van der Waals surface area contributed by atoms with Crippen LogP contribution in [-0.2, 0) is 0 Å². The van der Waals surface area contributed by atoms with Gasteiger partial charge >= 0.3 is 0 Å². The molecule has 0 heteroatoms. The Hall–Kier alpha value is -0.520. The maximum absolute atomic E-state index is 2.42. The van der Waals surface area contributed by atoms with Crippen LogP contribution in [-0.4, -0.2) is 0 Å². The van der Waals surface area contributed by atoms with Gasteiger partial charge in [-0.05, 0) is 44.4 Å². The van der Waals surface area contributed by atoms with Gasteiger partial charge in [0, 0.05) is 0 Å². The third-order valence-corrected chi connectivity index (χ3v) is 3.27. The van der Waals surface area contributed by atoms with Crippen LogP contribution < -0.4 is 0 Å². The maximum Gasteiger partial charge on any atom is -0.0163 e. The molecule has 0 aliphatic heterocycles. The maximum atomic E-state index is 2.42. The molecule has 1 fully saturated rings. The van der Waals surface area contributed by atoms with Crippen LogP contribution in [0.3, 0.4) is 0 Å². The van der Waals surface area contributed by atoms with Crippen molar-refractivity contribution in [3.05, 3.63) is 23.3 Å². The van der Waals surface area contributed by atoms with Crippen LogP contribution >= 0.6 is 0 Å². The first-order valence-electron chi connectivity index (χ1n) is 5.13. The molecular weight excluding hydrogens is 144 g/mol. The summed E-state index contributed by atoms with van der Waals surface area (Å²) in [6.07, 6.45) is 10.3. The van der Waals surface area contributed by atoms with Crippen molar-refractivity contribution < 1.29 is 0 Å². The standard InChI is InChI=1S/C12H18/c1-9-3-5-12-8-10(2)4-6-11(12)7-9/h3,7,10,12H,4-6,8H2,1-2H3. The van der Waals surface area contributed by atoms with Gasteiger partial charge < -0.3 is 0 Å². The minimum absolute atomic E-state index is 0.900. The molecule has 0 nitrogen and oxygen atoms in total. The fraction of sp³-hybridized carbons (Fsp3) is 0.667. The van der Waals surface area contributed by atoms with E-state index in [4.69, 9.17) is 0 Å². The SMILES string of the molecule is CC1=CCC2CC(C)CCC2=C1. The average molecular weight is 162 g/mol. The highest BCUT2D eigenvalue weighted by Crippen LogP contribution is 2.38. The lowest BCUT2D eigenvalue weighted by molar-refractivity contribution is 0.352. The topological polar surface area (TPSA) is 0 Å². The Morgan fingerprint density at radius 3 is 3.08 bits per heavy atom. The van der Waals surface area contributed by atoms with E-state index >= 15 is 0 Å². The summed E-state index contributed by atoms with van der Waals surface area (Å²) in [7, 11) is 0. The van der Waals surface area contributed by atoms with Gasteiger partial charge in [-0.15, -0.1) is 0 Å². The van der Waals surface area contributed by atoms with Gasteiger partial charge in [0.25, 0.3) is 0 Å². The second-order valence-electron chi connectivity index (χ2n) is 4.48. The third kappa shape index (κ3) is 1.48. The number of hydrogen-bond donors (Lipinski definition) is 0. The fourth-order valence-corrected chi connectivity index (χ4v) is 2.49. The summed E-state index contributed by atoms with van der Waals surface area (Å²) in [6, 6.07) is 0. The smallest absolute Gasteiger partial charge is 0.0163 e. The van der Waals surface area contributed by atoms with E-state index in [2.05, 4.69) is 26.0 Å². The summed E-state index contributed by atoms with van der Waals surface area (Å²) >= 11 is 0. The molecule has 0 saturated heterocycles. The van der Waals surface area contributed by atoms with E-state index < -0.39 is 0 Å². The molecule has 0 heterocycles. The Morgan fingerprint density at radius 2 is 2.25 bits per heavy atom. The Morgan fingerprint density at radius 1 is 1.42 bits per heavy atom. The van der Waals surface area contributed by atoms with Crippen molar-refractivity contribution in [3.63, 3.8) is 0 Å². The van der Waals surface area contributed by atoms with Gasteiger partial charge in [-0.25, -0.2) is 0 Å². The fourth-order valence-electron chi connectivity index (χ4n) is 2.49. The average Bonchev–Trinajstić information content (AvgIpc) is 2.05. The van der Waals surface area contributed by atoms with Gasteiger partial charge in [-0.2, -0.15) is 0 Å². The Kier molecular flexibility index (Phi) is 2.08. The Balaban J connectivity index is 2.13. The van der Waals surface area contributed by atoms with E-state index in [1.807, 2.05) is 0 Å². The van der Waals surface area contributed by atoms with Crippen LogP contribution in [0.1, 0.15) is 39.5 Å². The number of fused-ring (bicyclic) bond motifs is 1. The summed E-state index contributed by atoms with van der Waals surface area (Å²) in [5.41, 5.74) is 3.21. The molecule has 0 bridgehead atoms. The van der Waals surface area contributed by atoms with Gasteiger partial charge in [-0.3, -0.25) is 0 Å². The molecule has 2 atom stereocenters. The van der Waals surface area contributed by atoms with Crippen molar-refractivity contribution in [1.29, 1.82) is 0 Å². The van der Waals surface area contributed by atoms with Crippen LogP contribution in [0, 0.1) is 11.8 Å². The van der Waals surface area contributed by atoms with Gasteiger partial charge in [-0.1, -0.05) is 30.2 Å². The molecule has 0 radical (unpaired) electrons. The highest BCUT2D eigenvalue weighted by Gasteiger charge is 2.23. The summed E-state index contributed by atoms with van der Waals surface area (Å²) in [6.45, 7) is 4.61. The molecule has 0 spiro atoms. The van der Waals surface area contributed by atoms with Crippen LogP contribution in [0.2, 0.25) is 0 Å². The van der Waals surface area contributed by atoms with Crippen molar-refractivity contribution in [2.75, 3.05) is 0 Å². The van der Waals surface area contributed by atoms with Crippen molar-refractivity contribution in [2.24, 2.45) is 11.8 Å². The molecule has 2 unspecified atom stereocenters. The molecule has 2 aliphatic carbocycles. The molecule has 0 aromatic rings. The molecule has 0 aromatic carbocycles. The molecule has 0 amide bonds. The molecule has 12 heavy (non-hydrogen) atoms. The zero-order valence-corrected chi connectivity index (χ0v) is 8.14.